The zero-order chi connectivity index (χ0) is 15.4. The first-order chi connectivity index (χ1) is 10.6. The summed E-state index contributed by atoms with van der Waals surface area (Å²) in [6.07, 6.45) is 6.01. The van der Waals surface area contributed by atoms with Crippen molar-refractivity contribution in [1.29, 1.82) is 0 Å². The van der Waals surface area contributed by atoms with E-state index in [4.69, 9.17) is 14.2 Å². The second-order valence-corrected chi connectivity index (χ2v) is 5.85. The molecule has 0 amide bonds. The first kappa shape index (κ1) is 14.9. The van der Waals surface area contributed by atoms with Gasteiger partial charge in [0.2, 0.25) is 5.79 Å². The van der Waals surface area contributed by atoms with Crippen LogP contribution in [0.4, 0.5) is 0 Å². The zero-order valence-corrected chi connectivity index (χ0v) is 13.1. The minimum Gasteiger partial charge on any atom is -0.453 e. The van der Waals surface area contributed by atoms with Crippen LogP contribution in [0.1, 0.15) is 19.4 Å². The molecule has 0 atom stereocenters. The van der Waals surface area contributed by atoms with E-state index in [1.165, 1.54) is 0 Å². The van der Waals surface area contributed by atoms with Gasteiger partial charge in [0, 0.05) is 31.6 Å². The van der Waals surface area contributed by atoms with Crippen molar-refractivity contribution in [2.75, 3.05) is 26.3 Å². The highest BCUT2D eigenvalue weighted by Crippen LogP contribution is 2.32. The van der Waals surface area contributed by atoms with E-state index in [2.05, 4.69) is 10.8 Å². The fraction of sp³-hybridized carbons (Fsp3) is 0.389. The topological polar surface area (TPSA) is 30.7 Å². The normalized spacial score (nSPS) is 22.5. The van der Waals surface area contributed by atoms with E-state index in [9.17, 15) is 0 Å². The van der Waals surface area contributed by atoms with Crippen LogP contribution in [0.5, 0.6) is 0 Å². The highest BCUT2D eigenvalue weighted by atomic mass is 16.7. The van der Waals surface area contributed by atoms with Gasteiger partial charge >= 0.3 is 0 Å². The number of ether oxygens (including phenoxy) is 3. The maximum atomic E-state index is 5.93. The summed E-state index contributed by atoms with van der Waals surface area (Å²) in [5.41, 5.74) is 1.05. The molecule has 116 valence electrons. The molecule has 1 fully saturated rings. The molecule has 4 nitrogen and oxygen atoms in total. The van der Waals surface area contributed by atoms with E-state index in [-0.39, 0.29) is 0 Å². The van der Waals surface area contributed by atoms with Gasteiger partial charge in [-0.3, -0.25) is 0 Å². The SMILES string of the molecule is CC1(C)OC(c2ccccc2)=C/C(=C\C=[N+]2CCOCC2)O1. The molecule has 0 aromatic heterocycles. The number of benzene rings is 1. The Balaban J connectivity index is 1.86. The van der Waals surface area contributed by atoms with E-state index in [0.29, 0.717) is 0 Å². The summed E-state index contributed by atoms with van der Waals surface area (Å²) >= 11 is 0. The molecular weight excluding hydrogens is 278 g/mol. The number of allylic oxidation sites excluding steroid dienone is 2. The number of rotatable bonds is 2. The second kappa shape index (κ2) is 6.36. The predicted molar refractivity (Wildman–Crippen MR) is 85.6 cm³/mol. The van der Waals surface area contributed by atoms with Gasteiger partial charge in [-0.05, 0) is 0 Å². The Hall–Kier alpha value is -2.07. The third-order valence-electron chi connectivity index (χ3n) is 3.55. The molecule has 1 saturated heterocycles. The fourth-order valence-corrected chi connectivity index (χ4v) is 2.49. The Kier molecular flexibility index (Phi) is 4.29. The van der Waals surface area contributed by atoms with Gasteiger partial charge in [-0.15, -0.1) is 0 Å². The molecule has 1 aromatic rings. The van der Waals surface area contributed by atoms with Crippen LogP contribution < -0.4 is 0 Å². The lowest BCUT2D eigenvalue weighted by Gasteiger charge is -2.33. The Morgan fingerprint density at radius 1 is 1.05 bits per heavy atom. The molecule has 3 rings (SSSR count). The van der Waals surface area contributed by atoms with Crippen molar-refractivity contribution in [3.63, 3.8) is 0 Å². The molecule has 2 aliphatic rings. The molecule has 2 aliphatic heterocycles. The van der Waals surface area contributed by atoms with Crippen molar-refractivity contribution in [2.24, 2.45) is 0 Å². The van der Waals surface area contributed by atoms with E-state index < -0.39 is 5.79 Å². The van der Waals surface area contributed by atoms with Crippen LogP contribution in [-0.4, -0.2) is 42.9 Å². The van der Waals surface area contributed by atoms with Crippen molar-refractivity contribution in [1.82, 2.24) is 0 Å². The molecule has 4 heteroatoms. The van der Waals surface area contributed by atoms with Crippen molar-refractivity contribution < 1.29 is 18.8 Å². The van der Waals surface area contributed by atoms with Crippen LogP contribution in [0.25, 0.3) is 5.76 Å². The fourth-order valence-electron chi connectivity index (χ4n) is 2.49. The van der Waals surface area contributed by atoms with Crippen molar-refractivity contribution in [2.45, 2.75) is 19.6 Å². The lowest BCUT2D eigenvalue weighted by Crippen LogP contribution is -2.31. The molecular formula is C18H22NO3+. The highest BCUT2D eigenvalue weighted by molar-refractivity contribution is 5.71. The van der Waals surface area contributed by atoms with Crippen molar-refractivity contribution >= 4 is 12.0 Å². The Morgan fingerprint density at radius 3 is 2.50 bits per heavy atom. The second-order valence-electron chi connectivity index (χ2n) is 5.85. The lowest BCUT2D eigenvalue weighted by atomic mass is 10.1. The Morgan fingerprint density at radius 2 is 1.77 bits per heavy atom. The molecule has 0 spiro atoms. The van der Waals surface area contributed by atoms with Crippen molar-refractivity contribution in [3.05, 3.63) is 53.8 Å². The van der Waals surface area contributed by atoms with Crippen molar-refractivity contribution in [3.8, 4) is 0 Å². The molecule has 2 heterocycles. The van der Waals surface area contributed by atoms with Crippen LogP contribution >= 0.6 is 0 Å². The summed E-state index contributed by atoms with van der Waals surface area (Å²) in [5, 5.41) is 0. The summed E-state index contributed by atoms with van der Waals surface area (Å²) in [4.78, 5) is 0. The number of nitrogens with zero attached hydrogens (tertiary/aromatic N) is 1. The quantitative estimate of drug-likeness (QED) is 0.787. The van der Waals surface area contributed by atoms with Gasteiger partial charge in [0.25, 0.3) is 0 Å². The predicted octanol–water partition coefficient (Wildman–Crippen LogP) is 2.81. The summed E-state index contributed by atoms with van der Waals surface area (Å²) < 4.78 is 19.4. The number of morpholine rings is 1. The van der Waals surface area contributed by atoms with Gasteiger partial charge < -0.3 is 14.2 Å². The molecule has 0 saturated carbocycles. The van der Waals surface area contributed by atoms with Crippen LogP contribution in [0.3, 0.4) is 0 Å². The molecule has 0 N–H and O–H groups in total. The third kappa shape index (κ3) is 3.77. The molecule has 0 aliphatic carbocycles. The highest BCUT2D eigenvalue weighted by Gasteiger charge is 2.28. The Labute approximate surface area is 131 Å². The van der Waals surface area contributed by atoms with Crippen LogP contribution in [0, 0.1) is 0 Å². The smallest absolute Gasteiger partial charge is 0.245 e. The molecule has 1 aromatic carbocycles. The summed E-state index contributed by atoms with van der Waals surface area (Å²) in [6.45, 7) is 7.23. The van der Waals surface area contributed by atoms with Crippen LogP contribution in [0.2, 0.25) is 0 Å². The first-order valence-electron chi connectivity index (χ1n) is 7.64. The molecule has 22 heavy (non-hydrogen) atoms. The zero-order valence-electron chi connectivity index (χ0n) is 13.1. The summed E-state index contributed by atoms with van der Waals surface area (Å²) in [5.74, 6) is 0.963. The maximum absolute atomic E-state index is 5.93. The minimum atomic E-state index is -0.676. The third-order valence-corrected chi connectivity index (χ3v) is 3.55. The van der Waals surface area contributed by atoms with Gasteiger partial charge in [0.05, 0.1) is 0 Å². The molecule has 0 unspecified atom stereocenters. The van der Waals surface area contributed by atoms with E-state index in [1.54, 1.807) is 0 Å². The molecule has 0 bridgehead atoms. The lowest BCUT2D eigenvalue weighted by molar-refractivity contribution is -0.544. The number of hydrogen-bond acceptors (Lipinski definition) is 3. The van der Waals surface area contributed by atoms with Crippen LogP contribution in [0.15, 0.2) is 48.2 Å². The monoisotopic (exact) mass is 300 g/mol. The minimum absolute atomic E-state index is 0.676. The average Bonchev–Trinajstić information content (AvgIpc) is 2.53. The largest absolute Gasteiger partial charge is 0.453 e. The molecule has 0 radical (unpaired) electrons. The van der Waals surface area contributed by atoms with Crippen LogP contribution in [-0.2, 0) is 14.2 Å². The van der Waals surface area contributed by atoms with Gasteiger partial charge in [0.15, 0.2) is 19.3 Å². The summed E-state index contributed by atoms with van der Waals surface area (Å²) in [7, 11) is 0. The Bertz CT molecular complexity index is 606. The first-order valence-corrected chi connectivity index (χ1v) is 7.64. The number of hydrogen-bond donors (Lipinski definition) is 0. The van der Waals surface area contributed by atoms with E-state index in [0.717, 1.165) is 43.4 Å². The standard InChI is InChI=1S/C18H22NO3/c1-18(2)21-16(8-9-19-10-12-20-13-11-19)14-17(22-18)15-6-4-3-5-7-15/h3-9,14H,10-13H2,1-2H3/q+1/b16-8+. The van der Waals surface area contributed by atoms with Gasteiger partial charge in [-0.2, -0.15) is 0 Å². The van der Waals surface area contributed by atoms with E-state index in [1.807, 2.05) is 56.3 Å². The maximum Gasteiger partial charge on any atom is 0.245 e. The van der Waals surface area contributed by atoms with Gasteiger partial charge in [0.1, 0.15) is 24.7 Å². The van der Waals surface area contributed by atoms with Gasteiger partial charge in [-0.25, -0.2) is 4.58 Å². The average molecular weight is 300 g/mol. The van der Waals surface area contributed by atoms with E-state index >= 15 is 0 Å². The summed E-state index contributed by atoms with van der Waals surface area (Å²) in [6, 6.07) is 10.1. The van der Waals surface area contributed by atoms with Gasteiger partial charge in [-0.1, -0.05) is 30.3 Å².